The summed E-state index contributed by atoms with van der Waals surface area (Å²) in [5, 5.41) is 2.29. The lowest BCUT2D eigenvalue weighted by Gasteiger charge is -2.13. The summed E-state index contributed by atoms with van der Waals surface area (Å²) in [5.41, 5.74) is 0.833. The molecule has 0 aliphatic carbocycles. The van der Waals surface area contributed by atoms with Gasteiger partial charge in [0, 0.05) is 36.2 Å². The van der Waals surface area contributed by atoms with Gasteiger partial charge < -0.3 is 5.32 Å². The fourth-order valence-corrected chi connectivity index (χ4v) is 1.68. The summed E-state index contributed by atoms with van der Waals surface area (Å²) in [5.74, 6) is -3.57. The van der Waals surface area contributed by atoms with Crippen LogP contribution in [0, 0.1) is 0 Å². The van der Waals surface area contributed by atoms with E-state index in [0.717, 1.165) is 31.3 Å². The number of pyridine rings is 1. The highest BCUT2D eigenvalue weighted by Crippen LogP contribution is 2.33. The molecule has 7 heteroatoms. The van der Waals surface area contributed by atoms with Crippen molar-refractivity contribution in [3.8, 4) is 0 Å². The van der Waals surface area contributed by atoms with Crippen LogP contribution < -0.4 is 5.32 Å². The topological polar surface area (TPSA) is 54.4 Å². The molecule has 0 aliphatic heterocycles. The summed E-state index contributed by atoms with van der Waals surface area (Å²) in [6.07, 6.45) is 3.29. The second-order valence-corrected chi connectivity index (χ2v) is 5.33. The number of aliphatic imine (C=N–C) groups is 1. The average molecular weight is 330 g/mol. The zero-order valence-corrected chi connectivity index (χ0v) is 13.6. The van der Waals surface area contributed by atoms with E-state index in [4.69, 9.17) is 11.6 Å². The van der Waals surface area contributed by atoms with Gasteiger partial charge in [-0.2, -0.15) is 0 Å². The van der Waals surface area contributed by atoms with E-state index in [-0.39, 0.29) is 16.4 Å². The first-order valence-electron chi connectivity index (χ1n) is 6.70. The van der Waals surface area contributed by atoms with E-state index in [1.54, 1.807) is 6.92 Å². The van der Waals surface area contributed by atoms with Gasteiger partial charge in [-0.1, -0.05) is 18.5 Å². The summed E-state index contributed by atoms with van der Waals surface area (Å²) in [6, 6.07) is 1.06. The van der Waals surface area contributed by atoms with Crippen LogP contribution in [0.5, 0.6) is 0 Å². The number of rotatable bonds is 5. The zero-order chi connectivity index (χ0) is 16.9. The number of nitrogens with one attached hydrogen (secondary N) is 1. The van der Waals surface area contributed by atoms with E-state index in [1.165, 1.54) is 6.20 Å². The van der Waals surface area contributed by atoms with E-state index in [0.29, 0.717) is 5.57 Å². The Balaban J connectivity index is 2.94. The molecule has 0 aromatic carbocycles. The first-order chi connectivity index (χ1) is 10.1. The zero-order valence-electron chi connectivity index (χ0n) is 12.9. The molecule has 0 fully saturated rings. The number of halogens is 3. The van der Waals surface area contributed by atoms with E-state index >= 15 is 0 Å². The van der Waals surface area contributed by atoms with Crippen molar-refractivity contribution in [3.63, 3.8) is 0 Å². The molecular weight excluding hydrogens is 312 g/mol. The maximum Gasteiger partial charge on any atom is 0.272 e. The number of hydrogen-bond donors (Lipinski definition) is 1. The maximum absolute atomic E-state index is 13.4. The number of alkyl halides is 2. The fraction of sp³-hybridized carbons (Fsp3) is 0.400. The van der Waals surface area contributed by atoms with E-state index in [2.05, 4.69) is 15.3 Å². The van der Waals surface area contributed by atoms with E-state index < -0.39 is 11.8 Å². The number of nitrogens with zero attached hydrogens (tertiary/aromatic N) is 2. The van der Waals surface area contributed by atoms with E-state index in [9.17, 15) is 13.6 Å². The summed E-state index contributed by atoms with van der Waals surface area (Å²) in [4.78, 5) is 19.9. The highest BCUT2D eigenvalue weighted by atomic mass is 35.5. The monoisotopic (exact) mass is 329 g/mol. The lowest BCUT2D eigenvalue weighted by atomic mass is 10.1. The molecule has 0 unspecified atom stereocenters. The summed E-state index contributed by atoms with van der Waals surface area (Å²) >= 11 is 5.70. The molecule has 1 aromatic rings. The van der Waals surface area contributed by atoms with Gasteiger partial charge in [-0.05, 0) is 26.3 Å². The molecule has 1 rings (SSSR count). The van der Waals surface area contributed by atoms with Crippen LogP contribution in [0.4, 0.5) is 14.6 Å². The van der Waals surface area contributed by atoms with Crippen molar-refractivity contribution in [1.82, 2.24) is 4.98 Å². The maximum atomic E-state index is 13.4. The van der Waals surface area contributed by atoms with Crippen molar-refractivity contribution in [1.29, 1.82) is 0 Å². The van der Waals surface area contributed by atoms with Gasteiger partial charge in [0.15, 0.2) is 0 Å². The molecule has 120 valence electrons. The second kappa shape index (κ2) is 7.45. The Morgan fingerprint density at radius 3 is 2.68 bits per heavy atom. The number of aromatic nitrogens is 1. The Labute approximate surface area is 133 Å². The molecular formula is C15H18ClF2N3O. The summed E-state index contributed by atoms with van der Waals surface area (Å²) in [7, 11) is 0. The highest BCUT2D eigenvalue weighted by molar-refractivity contribution is 6.31. The number of hydrogen-bond acceptors (Lipinski definition) is 3. The van der Waals surface area contributed by atoms with Gasteiger partial charge in [-0.25, -0.2) is 13.8 Å². The highest BCUT2D eigenvalue weighted by Gasteiger charge is 2.28. The smallest absolute Gasteiger partial charge is 0.272 e. The molecule has 0 spiro atoms. The van der Waals surface area contributed by atoms with Crippen molar-refractivity contribution in [2.45, 2.75) is 40.0 Å². The van der Waals surface area contributed by atoms with Gasteiger partial charge in [0.05, 0.1) is 5.02 Å². The Bertz CT molecular complexity index is 622. The van der Waals surface area contributed by atoms with Gasteiger partial charge in [0.2, 0.25) is 0 Å². The lowest BCUT2D eigenvalue weighted by Crippen LogP contribution is -2.15. The molecule has 0 saturated carbocycles. The van der Waals surface area contributed by atoms with Crippen LogP contribution in [0.2, 0.25) is 5.02 Å². The fourth-order valence-electron chi connectivity index (χ4n) is 1.42. The van der Waals surface area contributed by atoms with Crippen LogP contribution in [0.3, 0.4) is 0 Å². The van der Waals surface area contributed by atoms with Gasteiger partial charge >= 0.3 is 0 Å². The molecule has 0 radical (unpaired) electrons. The predicted octanol–water partition coefficient (Wildman–Crippen LogP) is 4.56. The third-order valence-corrected chi connectivity index (χ3v) is 3.22. The molecule has 1 heterocycles. The van der Waals surface area contributed by atoms with Crippen LogP contribution in [0.1, 0.15) is 39.7 Å². The van der Waals surface area contributed by atoms with Crippen molar-refractivity contribution >= 4 is 29.0 Å². The molecule has 22 heavy (non-hydrogen) atoms. The van der Waals surface area contributed by atoms with Crippen molar-refractivity contribution in [3.05, 3.63) is 34.6 Å². The molecule has 0 atom stereocenters. The van der Waals surface area contributed by atoms with Crippen LogP contribution >= 0.6 is 11.6 Å². The largest absolute Gasteiger partial charge is 0.307 e. The summed E-state index contributed by atoms with van der Waals surface area (Å²) < 4.78 is 26.8. The van der Waals surface area contributed by atoms with Crippen LogP contribution in [0.15, 0.2) is 29.0 Å². The summed E-state index contributed by atoms with van der Waals surface area (Å²) in [6.45, 7) is 6.10. The SMILES string of the molecule is CCC(C)=N/C=C(\C)C(=O)Nc1cc(C(C)(F)F)c(Cl)cn1. The van der Waals surface area contributed by atoms with Gasteiger partial charge in [-0.3, -0.25) is 9.79 Å². The van der Waals surface area contributed by atoms with Crippen molar-refractivity contribution in [2.24, 2.45) is 4.99 Å². The quantitative estimate of drug-likeness (QED) is 0.636. The first kappa shape index (κ1) is 18.2. The van der Waals surface area contributed by atoms with Gasteiger partial charge in [0.25, 0.3) is 11.8 Å². The standard InChI is InChI=1S/C15H18ClF2N3O/c1-5-10(3)19-7-9(2)14(22)21-13-6-11(15(4,17)18)12(16)8-20-13/h6-8H,5H2,1-4H3,(H,20,21,22)/b9-7+,19-10?. The van der Waals surface area contributed by atoms with Crippen LogP contribution in [-0.2, 0) is 10.7 Å². The third-order valence-electron chi connectivity index (χ3n) is 2.92. The van der Waals surface area contributed by atoms with Gasteiger partial charge in [-0.15, -0.1) is 0 Å². The van der Waals surface area contributed by atoms with Crippen LogP contribution in [-0.4, -0.2) is 16.6 Å². The number of anilines is 1. The second-order valence-electron chi connectivity index (χ2n) is 4.92. The number of carbonyl (C=O) groups is 1. The average Bonchev–Trinajstić information content (AvgIpc) is 2.44. The lowest BCUT2D eigenvalue weighted by molar-refractivity contribution is -0.112. The molecule has 1 N–H and O–H groups in total. The Morgan fingerprint density at radius 2 is 2.14 bits per heavy atom. The Morgan fingerprint density at radius 1 is 1.50 bits per heavy atom. The minimum atomic E-state index is -3.12. The molecule has 4 nitrogen and oxygen atoms in total. The Hall–Kier alpha value is -1.82. The molecule has 0 bridgehead atoms. The Kier molecular flexibility index (Phi) is 6.17. The van der Waals surface area contributed by atoms with Gasteiger partial charge in [0.1, 0.15) is 5.82 Å². The first-order valence-corrected chi connectivity index (χ1v) is 7.08. The minimum Gasteiger partial charge on any atom is -0.307 e. The number of carbonyl (C=O) groups excluding carboxylic acids is 1. The molecule has 0 saturated heterocycles. The van der Waals surface area contributed by atoms with Crippen molar-refractivity contribution < 1.29 is 13.6 Å². The molecule has 1 amide bonds. The van der Waals surface area contributed by atoms with Crippen molar-refractivity contribution in [2.75, 3.05) is 5.32 Å². The number of amides is 1. The predicted molar refractivity (Wildman–Crippen MR) is 84.6 cm³/mol. The molecule has 0 aliphatic rings. The normalized spacial score (nSPS) is 13.2. The molecule has 1 aromatic heterocycles. The third kappa shape index (κ3) is 5.18. The minimum absolute atomic E-state index is 0.00914. The van der Waals surface area contributed by atoms with E-state index in [1.807, 2.05) is 13.8 Å². The van der Waals surface area contributed by atoms with Crippen LogP contribution in [0.25, 0.3) is 0 Å².